The second kappa shape index (κ2) is 29.9. The molecule has 88 heavy (non-hydrogen) atoms. The molecule has 2 aliphatic heterocycles. The predicted molar refractivity (Wildman–Crippen MR) is 338 cm³/mol. The largest absolute Gasteiger partial charge is 0.494 e. The maximum Gasteiger partial charge on any atom is 0.337 e. The lowest BCUT2D eigenvalue weighted by molar-refractivity contribution is -0.143. The summed E-state index contributed by atoms with van der Waals surface area (Å²) in [5.74, 6) is -3.08. The van der Waals surface area contributed by atoms with Gasteiger partial charge in [0.15, 0.2) is 11.8 Å². The van der Waals surface area contributed by atoms with Gasteiger partial charge in [-0.2, -0.15) is 0 Å². The van der Waals surface area contributed by atoms with Crippen LogP contribution in [0.5, 0.6) is 11.8 Å². The minimum absolute atomic E-state index is 0.0424. The molecule has 0 saturated carbocycles. The number of aliphatic imine (C=N–C) groups is 2. The summed E-state index contributed by atoms with van der Waals surface area (Å²) >= 11 is 0. The Labute approximate surface area is 509 Å². The number of benzene rings is 6. The van der Waals surface area contributed by atoms with Crippen molar-refractivity contribution in [1.82, 2.24) is 29.6 Å². The third kappa shape index (κ3) is 16.5. The van der Waals surface area contributed by atoms with Crippen LogP contribution >= 0.6 is 0 Å². The SMILES string of the molecule is COC(=O)c1ccc2c(C(=Nc3ccc(N(C)C(=O)CN4CCN(C)CC4)cc3)c3ccccc3)c(O)[nH]c2c1.COC(=O)c1ccc2c(C(=Nc3ccc(N(C)C(=O)CN4CCN(C)CC4)cc3)c3ccccc3)c(O)[nH]c2c1.O=C(O)CCC(=O)O. The van der Waals surface area contributed by atoms with E-state index in [4.69, 9.17) is 29.7 Å². The summed E-state index contributed by atoms with van der Waals surface area (Å²) in [5.41, 5.74) is 8.68. The van der Waals surface area contributed by atoms with Crippen molar-refractivity contribution in [3.63, 3.8) is 0 Å². The molecule has 2 amide bonds. The zero-order chi connectivity index (χ0) is 63.0. The molecule has 10 rings (SSSR count). The summed E-state index contributed by atoms with van der Waals surface area (Å²) in [6, 6.07) is 44.3. The van der Waals surface area contributed by atoms with E-state index >= 15 is 0 Å². The minimum Gasteiger partial charge on any atom is -0.494 e. The molecule has 2 aromatic heterocycles. The Balaban J connectivity index is 0.000000203. The lowest BCUT2D eigenvalue weighted by atomic mass is 10.00. The number of aliphatic carboxylic acids is 2. The molecule has 22 heteroatoms. The normalized spacial score (nSPS) is 14.2. The van der Waals surface area contributed by atoms with Gasteiger partial charge in [-0.25, -0.2) is 19.6 Å². The summed E-state index contributed by atoms with van der Waals surface area (Å²) in [6.45, 7) is 8.18. The number of nitrogens with zero attached hydrogens (tertiary/aromatic N) is 8. The van der Waals surface area contributed by atoms with E-state index in [9.17, 15) is 39.0 Å². The first-order valence-corrected chi connectivity index (χ1v) is 28.4. The number of aromatic amines is 2. The number of aromatic nitrogens is 2. The summed E-state index contributed by atoms with van der Waals surface area (Å²) in [5, 5.41) is 39.1. The Morgan fingerprint density at radius 1 is 0.477 bits per heavy atom. The van der Waals surface area contributed by atoms with Crippen LogP contribution in [0.15, 0.2) is 156 Å². The highest BCUT2D eigenvalue weighted by Gasteiger charge is 2.25. The van der Waals surface area contributed by atoms with Crippen LogP contribution in [0.25, 0.3) is 21.8 Å². The number of aromatic hydroxyl groups is 2. The van der Waals surface area contributed by atoms with E-state index in [1.54, 1.807) is 60.3 Å². The number of nitrogens with one attached hydrogen (secondary N) is 2. The maximum atomic E-state index is 12.9. The van der Waals surface area contributed by atoms with Gasteiger partial charge in [-0.3, -0.25) is 29.0 Å². The van der Waals surface area contributed by atoms with Crippen LogP contribution in [0.3, 0.4) is 0 Å². The molecule has 0 aliphatic carbocycles. The Morgan fingerprint density at radius 3 is 1.14 bits per heavy atom. The average Bonchev–Trinajstić information content (AvgIpc) is 1.79. The lowest BCUT2D eigenvalue weighted by Gasteiger charge is -2.32. The lowest BCUT2D eigenvalue weighted by Crippen LogP contribution is -2.48. The van der Waals surface area contributed by atoms with E-state index < -0.39 is 23.9 Å². The number of hydrogen-bond donors (Lipinski definition) is 6. The fourth-order valence-electron chi connectivity index (χ4n) is 9.93. The third-order valence-electron chi connectivity index (χ3n) is 15.1. The quantitative estimate of drug-likeness (QED) is 0.0372. The van der Waals surface area contributed by atoms with Gasteiger partial charge in [0.2, 0.25) is 11.8 Å². The highest BCUT2D eigenvalue weighted by molar-refractivity contribution is 6.23. The highest BCUT2D eigenvalue weighted by Crippen LogP contribution is 2.35. The van der Waals surface area contributed by atoms with E-state index in [0.29, 0.717) is 69.2 Å². The minimum atomic E-state index is -1.08. The Kier molecular flexibility index (Phi) is 21.7. The van der Waals surface area contributed by atoms with Gasteiger partial charge in [0.1, 0.15) is 0 Å². The van der Waals surface area contributed by atoms with Crippen molar-refractivity contribution in [3.05, 3.63) is 179 Å². The maximum absolute atomic E-state index is 12.9. The van der Waals surface area contributed by atoms with Gasteiger partial charge in [-0.15, -0.1) is 0 Å². The van der Waals surface area contributed by atoms with E-state index in [0.717, 1.165) is 85.6 Å². The Morgan fingerprint density at radius 2 is 0.818 bits per heavy atom. The van der Waals surface area contributed by atoms with Crippen LogP contribution in [0.4, 0.5) is 22.7 Å². The number of carbonyl (C=O) groups is 6. The number of carbonyl (C=O) groups excluding carboxylic acids is 4. The van der Waals surface area contributed by atoms with Crippen molar-refractivity contribution in [2.24, 2.45) is 9.98 Å². The molecule has 2 fully saturated rings. The standard InChI is InChI=1S/2C31H33N5O4.C4H6O4/c2*1-34-15-17-36(18-16-34)20-27(37)35(2)24-12-10-23(11-13-24)32-29(21-7-5-4-6-8-21)28-25-14-9-22(31(39)40-3)19-26(25)33-30(28)38;5-3(6)1-2-4(7)8/h2*4-14,19,33,38H,15-18,20H2,1-3H3;1-2H2,(H,5,6)(H,7,8). The van der Waals surface area contributed by atoms with E-state index in [1.807, 2.05) is 109 Å². The first kappa shape index (κ1) is 64.0. The number of likely N-dealkylation sites (N-methyl/N-ethyl adjacent to an activating group) is 4. The van der Waals surface area contributed by atoms with Crippen LogP contribution in [0, 0.1) is 0 Å². The summed E-state index contributed by atoms with van der Waals surface area (Å²) in [7, 11) is 10.4. The van der Waals surface area contributed by atoms with Crippen molar-refractivity contribution in [2.45, 2.75) is 12.8 Å². The smallest absolute Gasteiger partial charge is 0.337 e. The molecule has 6 N–H and O–H groups in total. The number of esters is 2. The number of anilines is 2. The highest BCUT2D eigenvalue weighted by atomic mass is 16.5. The summed E-state index contributed by atoms with van der Waals surface area (Å²) in [4.78, 5) is 97.2. The number of fused-ring (bicyclic) bond motifs is 2. The van der Waals surface area contributed by atoms with Gasteiger partial charge >= 0.3 is 23.9 Å². The molecule has 6 aromatic carbocycles. The molecule has 0 unspecified atom stereocenters. The van der Waals surface area contributed by atoms with E-state index in [1.165, 1.54) is 14.2 Å². The number of rotatable bonds is 17. The zero-order valence-corrected chi connectivity index (χ0v) is 50.0. The molecular formula is C66H72N10O12. The molecule has 458 valence electrons. The molecule has 0 bridgehead atoms. The molecule has 0 atom stereocenters. The van der Waals surface area contributed by atoms with Gasteiger partial charge in [0.25, 0.3) is 0 Å². The van der Waals surface area contributed by atoms with Crippen LogP contribution in [-0.2, 0) is 28.7 Å². The molecule has 0 radical (unpaired) electrons. The van der Waals surface area contributed by atoms with Gasteiger partial charge in [0.05, 0.1) is 85.2 Å². The Bertz CT molecular complexity index is 3560. The van der Waals surface area contributed by atoms with Crippen molar-refractivity contribution in [3.8, 4) is 11.8 Å². The fourth-order valence-corrected chi connectivity index (χ4v) is 9.93. The van der Waals surface area contributed by atoms with E-state index in [2.05, 4.69) is 43.7 Å². The molecule has 2 saturated heterocycles. The van der Waals surface area contributed by atoms with Crippen LogP contribution in [0.1, 0.15) is 55.8 Å². The number of methoxy groups -OCH3 is 2. The molecular weight excluding hydrogens is 1120 g/mol. The second-order valence-corrected chi connectivity index (χ2v) is 21.2. The monoisotopic (exact) mass is 1200 g/mol. The van der Waals surface area contributed by atoms with Gasteiger partial charge in [-0.05, 0) is 86.9 Å². The van der Waals surface area contributed by atoms with Crippen LogP contribution in [-0.4, -0.2) is 205 Å². The first-order chi connectivity index (χ1) is 42.3. The number of piperazine rings is 2. The predicted octanol–water partition coefficient (Wildman–Crippen LogP) is 8.01. The fraction of sp³-hybridized carbons (Fsp3) is 0.273. The first-order valence-electron chi connectivity index (χ1n) is 28.4. The second-order valence-electron chi connectivity index (χ2n) is 21.2. The molecule has 8 aromatic rings. The van der Waals surface area contributed by atoms with Crippen molar-refractivity contribution < 1.29 is 58.7 Å². The molecule has 0 spiro atoms. The van der Waals surface area contributed by atoms with E-state index in [-0.39, 0.29) is 36.4 Å². The third-order valence-corrected chi connectivity index (χ3v) is 15.1. The number of carboxylic acid groups (broad SMARTS) is 2. The topological polar surface area (TPSA) is 278 Å². The number of ether oxygens (including phenoxy) is 2. The van der Waals surface area contributed by atoms with Crippen molar-refractivity contribution in [2.75, 3.05) is 118 Å². The van der Waals surface area contributed by atoms with Crippen molar-refractivity contribution >= 4 is 91.7 Å². The summed E-state index contributed by atoms with van der Waals surface area (Å²) in [6.07, 6.45) is -0.593. The number of H-pyrrole nitrogens is 2. The van der Waals surface area contributed by atoms with Gasteiger partial charge in [-0.1, -0.05) is 72.8 Å². The van der Waals surface area contributed by atoms with Crippen LogP contribution in [0.2, 0.25) is 0 Å². The molecule has 4 heterocycles. The van der Waals surface area contributed by atoms with Crippen LogP contribution < -0.4 is 9.80 Å². The summed E-state index contributed by atoms with van der Waals surface area (Å²) < 4.78 is 9.67. The Hall–Kier alpha value is -10.00. The number of carboxylic acids is 2. The van der Waals surface area contributed by atoms with Gasteiger partial charge in [0, 0.05) is 111 Å². The zero-order valence-electron chi connectivity index (χ0n) is 50.0. The number of amides is 2. The van der Waals surface area contributed by atoms with Gasteiger partial charge < -0.3 is 59.5 Å². The van der Waals surface area contributed by atoms with Crippen molar-refractivity contribution in [1.29, 1.82) is 0 Å². The molecule has 22 nitrogen and oxygen atoms in total. The number of hydrogen-bond acceptors (Lipinski definition) is 16. The average molecular weight is 1200 g/mol. The molecule has 2 aliphatic rings.